The van der Waals surface area contributed by atoms with Crippen LogP contribution >= 0.6 is 0 Å². The first-order valence-electron chi connectivity index (χ1n) is 6.83. The van der Waals surface area contributed by atoms with Gasteiger partial charge in [-0.25, -0.2) is 0 Å². The Kier molecular flexibility index (Phi) is 5.02. The standard InChI is InChI=1S/C15H24N2O/c1-17-11-3-4-14(12-17)16-10-9-13-5-7-15(18-2)8-6-13/h5-8,14,16H,3-4,9-12H2,1-2H3. The predicted molar refractivity (Wildman–Crippen MR) is 75.2 cm³/mol. The van der Waals surface area contributed by atoms with Gasteiger partial charge in [0.15, 0.2) is 0 Å². The largest absolute Gasteiger partial charge is 0.497 e. The summed E-state index contributed by atoms with van der Waals surface area (Å²) in [5, 5.41) is 3.66. The molecule has 1 unspecified atom stereocenters. The molecule has 3 nitrogen and oxygen atoms in total. The van der Waals surface area contributed by atoms with Gasteiger partial charge in [0.2, 0.25) is 0 Å². The van der Waals surface area contributed by atoms with Gasteiger partial charge in [-0.3, -0.25) is 0 Å². The second kappa shape index (κ2) is 6.76. The SMILES string of the molecule is COc1ccc(CCNC2CCCN(C)C2)cc1. The van der Waals surface area contributed by atoms with Crippen molar-refractivity contribution in [1.82, 2.24) is 10.2 Å². The Morgan fingerprint density at radius 1 is 1.33 bits per heavy atom. The molecule has 1 aromatic rings. The molecule has 1 aliphatic rings. The molecule has 1 aromatic carbocycles. The summed E-state index contributed by atoms with van der Waals surface area (Å²) in [5.41, 5.74) is 1.37. The molecule has 1 heterocycles. The van der Waals surface area contributed by atoms with Crippen molar-refractivity contribution < 1.29 is 4.74 Å². The lowest BCUT2D eigenvalue weighted by Gasteiger charge is -2.30. The van der Waals surface area contributed by atoms with E-state index in [-0.39, 0.29) is 0 Å². The van der Waals surface area contributed by atoms with Gasteiger partial charge in [-0.1, -0.05) is 12.1 Å². The van der Waals surface area contributed by atoms with Crippen LogP contribution in [0.3, 0.4) is 0 Å². The predicted octanol–water partition coefficient (Wildman–Crippen LogP) is 1.92. The number of ether oxygens (including phenoxy) is 1. The Morgan fingerprint density at radius 2 is 2.11 bits per heavy atom. The van der Waals surface area contributed by atoms with Crippen molar-refractivity contribution in [1.29, 1.82) is 0 Å². The number of rotatable bonds is 5. The minimum atomic E-state index is 0.669. The van der Waals surface area contributed by atoms with Gasteiger partial charge in [0.1, 0.15) is 5.75 Å². The quantitative estimate of drug-likeness (QED) is 0.861. The van der Waals surface area contributed by atoms with Crippen molar-refractivity contribution in [2.45, 2.75) is 25.3 Å². The zero-order chi connectivity index (χ0) is 12.8. The van der Waals surface area contributed by atoms with Crippen molar-refractivity contribution in [3.63, 3.8) is 0 Å². The van der Waals surface area contributed by atoms with Gasteiger partial charge in [-0.2, -0.15) is 0 Å². The van der Waals surface area contributed by atoms with Crippen LogP contribution in [0, 0.1) is 0 Å². The third kappa shape index (κ3) is 4.00. The van der Waals surface area contributed by atoms with E-state index in [4.69, 9.17) is 4.74 Å². The van der Waals surface area contributed by atoms with Crippen molar-refractivity contribution in [2.24, 2.45) is 0 Å². The number of likely N-dealkylation sites (tertiary alicyclic amines) is 1. The zero-order valence-corrected chi connectivity index (χ0v) is 11.5. The first-order valence-corrected chi connectivity index (χ1v) is 6.83. The Bertz CT molecular complexity index is 350. The topological polar surface area (TPSA) is 24.5 Å². The maximum atomic E-state index is 5.16. The summed E-state index contributed by atoms with van der Waals surface area (Å²) >= 11 is 0. The first-order chi connectivity index (χ1) is 8.78. The minimum Gasteiger partial charge on any atom is -0.497 e. The van der Waals surface area contributed by atoms with E-state index in [9.17, 15) is 0 Å². The highest BCUT2D eigenvalue weighted by Crippen LogP contribution is 2.12. The van der Waals surface area contributed by atoms with Crippen molar-refractivity contribution >= 4 is 0 Å². The number of hydrogen-bond donors (Lipinski definition) is 1. The van der Waals surface area contributed by atoms with E-state index in [2.05, 4.69) is 29.4 Å². The second-order valence-corrected chi connectivity index (χ2v) is 5.15. The normalized spacial score (nSPS) is 20.9. The third-order valence-corrected chi connectivity index (χ3v) is 3.63. The smallest absolute Gasteiger partial charge is 0.118 e. The van der Waals surface area contributed by atoms with Crippen LogP contribution in [-0.4, -0.2) is 44.7 Å². The summed E-state index contributed by atoms with van der Waals surface area (Å²) in [7, 11) is 3.91. The summed E-state index contributed by atoms with van der Waals surface area (Å²) in [6.45, 7) is 3.49. The van der Waals surface area contributed by atoms with E-state index in [0.717, 1.165) is 18.7 Å². The van der Waals surface area contributed by atoms with Crippen LogP contribution in [0.25, 0.3) is 0 Å². The van der Waals surface area contributed by atoms with Crippen LogP contribution in [0.2, 0.25) is 0 Å². The molecule has 1 aliphatic heterocycles. The zero-order valence-electron chi connectivity index (χ0n) is 11.5. The number of nitrogens with one attached hydrogen (secondary N) is 1. The second-order valence-electron chi connectivity index (χ2n) is 5.15. The molecule has 1 saturated heterocycles. The van der Waals surface area contributed by atoms with Crippen LogP contribution in [0.1, 0.15) is 18.4 Å². The molecule has 0 saturated carbocycles. The highest BCUT2D eigenvalue weighted by atomic mass is 16.5. The average Bonchev–Trinajstić information content (AvgIpc) is 2.40. The maximum absolute atomic E-state index is 5.16. The Labute approximate surface area is 110 Å². The van der Waals surface area contributed by atoms with E-state index in [0.29, 0.717) is 6.04 Å². The number of hydrogen-bond acceptors (Lipinski definition) is 3. The van der Waals surface area contributed by atoms with E-state index in [1.807, 2.05) is 12.1 Å². The molecule has 0 radical (unpaired) electrons. The van der Waals surface area contributed by atoms with Gasteiger partial charge in [0.05, 0.1) is 7.11 Å². The molecule has 100 valence electrons. The molecule has 1 fully saturated rings. The molecular weight excluding hydrogens is 224 g/mol. The lowest BCUT2D eigenvalue weighted by molar-refractivity contribution is 0.228. The van der Waals surface area contributed by atoms with Crippen LogP contribution in [0.4, 0.5) is 0 Å². The number of likely N-dealkylation sites (N-methyl/N-ethyl adjacent to an activating group) is 1. The fourth-order valence-corrected chi connectivity index (χ4v) is 2.55. The van der Waals surface area contributed by atoms with Crippen LogP contribution in [0.15, 0.2) is 24.3 Å². The highest BCUT2D eigenvalue weighted by Gasteiger charge is 2.15. The molecule has 0 aliphatic carbocycles. The summed E-state index contributed by atoms with van der Waals surface area (Å²) in [4.78, 5) is 2.41. The van der Waals surface area contributed by atoms with Crippen LogP contribution in [0.5, 0.6) is 5.75 Å². The maximum Gasteiger partial charge on any atom is 0.118 e. The van der Waals surface area contributed by atoms with E-state index in [1.165, 1.54) is 31.5 Å². The fraction of sp³-hybridized carbons (Fsp3) is 0.600. The first kappa shape index (κ1) is 13.4. The molecular formula is C15H24N2O. The van der Waals surface area contributed by atoms with Gasteiger partial charge < -0.3 is 15.0 Å². The number of methoxy groups -OCH3 is 1. The summed E-state index contributed by atoms with van der Waals surface area (Å²) in [5.74, 6) is 0.931. The highest BCUT2D eigenvalue weighted by molar-refractivity contribution is 5.27. The lowest BCUT2D eigenvalue weighted by atomic mass is 10.1. The molecule has 3 heteroatoms. The minimum absolute atomic E-state index is 0.669. The van der Waals surface area contributed by atoms with E-state index >= 15 is 0 Å². The Morgan fingerprint density at radius 3 is 2.78 bits per heavy atom. The van der Waals surface area contributed by atoms with Gasteiger partial charge in [0, 0.05) is 12.6 Å². The van der Waals surface area contributed by atoms with Gasteiger partial charge in [0.25, 0.3) is 0 Å². The molecule has 0 aromatic heterocycles. The average molecular weight is 248 g/mol. The van der Waals surface area contributed by atoms with Crippen LogP contribution < -0.4 is 10.1 Å². The molecule has 18 heavy (non-hydrogen) atoms. The van der Waals surface area contributed by atoms with Gasteiger partial charge in [-0.15, -0.1) is 0 Å². The monoisotopic (exact) mass is 248 g/mol. The number of nitrogens with zero attached hydrogens (tertiary/aromatic N) is 1. The summed E-state index contributed by atoms with van der Waals surface area (Å²) in [6.07, 6.45) is 3.72. The van der Waals surface area contributed by atoms with Gasteiger partial charge >= 0.3 is 0 Å². The molecule has 2 rings (SSSR count). The third-order valence-electron chi connectivity index (χ3n) is 3.63. The Balaban J connectivity index is 1.70. The molecule has 1 N–H and O–H groups in total. The van der Waals surface area contributed by atoms with Crippen LogP contribution in [-0.2, 0) is 6.42 Å². The molecule has 1 atom stereocenters. The van der Waals surface area contributed by atoms with E-state index in [1.54, 1.807) is 7.11 Å². The Hall–Kier alpha value is -1.06. The summed E-state index contributed by atoms with van der Waals surface area (Å²) in [6, 6.07) is 9.02. The summed E-state index contributed by atoms with van der Waals surface area (Å²) < 4.78 is 5.16. The van der Waals surface area contributed by atoms with E-state index < -0.39 is 0 Å². The fourth-order valence-electron chi connectivity index (χ4n) is 2.55. The molecule has 0 bridgehead atoms. The van der Waals surface area contributed by atoms with Crippen molar-refractivity contribution in [3.8, 4) is 5.75 Å². The molecule has 0 spiro atoms. The van der Waals surface area contributed by atoms with Gasteiger partial charge in [-0.05, 0) is 57.1 Å². The number of benzene rings is 1. The van der Waals surface area contributed by atoms with Crippen molar-refractivity contribution in [2.75, 3.05) is 33.8 Å². The van der Waals surface area contributed by atoms with Crippen molar-refractivity contribution in [3.05, 3.63) is 29.8 Å². The lowest BCUT2D eigenvalue weighted by Crippen LogP contribution is -2.44. The number of piperidine rings is 1. The molecule has 0 amide bonds.